The maximum Gasteiger partial charge on any atom is 0.0461 e. The zero-order chi connectivity index (χ0) is 12.9. The lowest BCUT2D eigenvalue weighted by Crippen LogP contribution is -1.93. The molecule has 2 nitrogen and oxygen atoms in total. The van der Waals surface area contributed by atoms with Crippen LogP contribution >= 0.6 is 0 Å². The molecule has 0 spiro atoms. The number of fused-ring (bicyclic) bond motifs is 3. The summed E-state index contributed by atoms with van der Waals surface area (Å²) in [5.41, 5.74) is 4.31. The van der Waals surface area contributed by atoms with Gasteiger partial charge in [-0.3, -0.25) is 9.97 Å². The highest BCUT2D eigenvalue weighted by Gasteiger charge is 2.08. The second-order valence-electron chi connectivity index (χ2n) is 4.96. The summed E-state index contributed by atoms with van der Waals surface area (Å²) >= 11 is 0. The fourth-order valence-electron chi connectivity index (χ4n) is 2.81. The van der Waals surface area contributed by atoms with Crippen molar-refractivity contribution in [2.24, 2.45) is 0 Å². The fraction of sp³-hybridized carbons (Fsp3) is 0.250. The first-order valence-electron chi connectivity index (χ1n) is 6.21. The molecule has 1 aromatic carbocycles. The van der Waals surface area contributed by atoms with Crippen molar-refractivity contribution in [2.45, 2.75) is 27.7 Å². The topological polar surface area (TPSA) is 25.8 Å². The van der Waals surface area contributed by atoms with Gasteiger partial charge in [0.2, 0.25) is 0 Å². The SMILES string of the molecule is Cc1cc2ccc3cc(C)nc(C)c3c2c(C)n1. The Kier molecular flexibility index (Phi) is 2.34. The number of aryl methyl sites for hydroxylation is 4. The highest BCUT2D eigenvalue weighted by molar-refractivity contribution is 6.09. The molecule has 2 heterocycles. The number of hydrogen-bond acceptors (Lipinski definition) is 2. The Labute approximate surface area is 107 Å². The van der Waals surface area contributed by atoms with Gasteiger partial charge in [-0.15, -0.1) is 0 Å². The van der Waals surface area contributed by atoms with Crippen molar-refractivity contribution in [3.05, 3.63) is 47.0 Å². The van der Waals surface area contributed by atoms with Gasteiger partial charge in [-0.2, -0.15) is 0 Å². The monoisotopic (exact) mass is 236 g/mol. The predicted molar refractivity (Wildman–Crippen MR) is 76.0 cm³/mol. The molecule has 2 aromatic heterocycles. The summed E-state index contributed by atoms with van der Waals surface area (Å²) in [6, 6.07) is 8.64. The van der Waals surface area contributed by atoms with Crippen LogP contribution in [0.5, 0.6) is 0 Å². The van der Waals surface area contributed by atoms with Gasteiger partial charge < -0.3 is 0 Å². The zero-order valence-corrected chi connectivity index (χ0v) is 11.2. The van der Waals surface area contributed by atoms with Gasteiger partial charge in [0.1, 0.15) is 0 Å². The summed E-state index contributed by atoms with van der Waals surface area (Å²) in [5.74, 6) is 0. The van der Waals surface area contributed by atoms with Gasteiger partial charge in [-0.25, -0.2) is 0 Å². The van der Waals surface area contributed by atoms with Crippen molar-refractivity contribution in [3.8, 4) is 0 Å². The average molecular weight is 236 g/mol. The van der Waals surface area contributed by atoms with Crippen molar-refractivity contribution in [3.63, 3.8) is 0 Å². The van der Waals surface area contributed by atoms with Gasteiger partial charge in [-0.1, -0.05) is 12.1 Å². The van der Waals surface area contributed by atoms with Gasteiger partial charge >= 0.3 is 0 Å². The van der Waals surface area contributed by atoms with E-state index in [0.717, 1.165) is 22.8 Å². The van der Waals surface area contributed by atoms with Gasteiger partial charge in [0.05, 0.1) is 0 Å². The molecule has 0 aliphatic carbocycles. The van der Waals surface area contributed by atoms with E-state index < -0.39 is 0 Å². The average Bonchev–Trinajstić information content (AvgIpc) is 2.28. The molecule has 18 heavy (non-hydrogen) atoms. The quantitative estimate of drug-likeness (QED) is 0.551. The Balaban J connectivity index is 2.61. The summed E-state index contributed by atoms with van der Waals surface area (Å²) < 4.78 is 0. The number of benzene rings is 1. The van der Waals surface area contributed by atoms with Crippen LogP contribution in [0.25, 0.3) is 21.5 Å². The summed E-state index contributed by atoms with van der Waals surface area (Å²) in [7, 11) is 0. The van der Waals surface area contributed by atoms with E-state index in [-0.39, 0.29) is 0 Å². The predicted octanol–water partition coefficient (Wildman–Crippen LogP) is 4.02. The fourth-order valence-corrected chi connectivity index (χ4v) is 2.81. The van der Waals surface area contributed by atoms with E-state index >= 15 is 0 Å². The van der Waals surface area contributed by atoms with Crippen LogP contribution in [0.1, 0.15) is 22.8 Å². The molecule has 0 aliphatic rings. The molecular formula is C16H16N2. The molecule has 0 unspecified atom stereocenters. The normalized spacial score (nSPS) is 11.3. The molecule has 3 rings (SSSR count). The maximum absolute atomic E-state index is 4.59. The lowest BCUT2D eigenvalue weighted by atomic mass is 9.99. The van der Waals surface area contributed by atoms with Gasteiger partial charge in [0.25, 0.3) is 0 Å². The standard InChI is InChI=1S/C16H16N2/c1-9-7-13-5-6-14-8-10(2)18-12(4)16(14)15(13)11(3)17-9/h5-8H,1-4H3. The van der Waals surface area contributed by atoms with Crippen LogP contribution in [-0.2, 0) is 0 Å². The molecule has 0 radical (unpaired) electrons. The third-order valence-electron chi connectivity index (χ3n) is 3.41. The van der Waals surface area contributed by atoms with Crippen LogP contribution in [0, 0.1) is 27.7 Å². The lowest BCUT2D eigenvalue weighted by molar-refractivity contribution is 1.14. The van der Waals surface area contributed by atoms with Gasteiger partial charge in [-0.05, 0) is 50.6 Å². The summed E-state index contributed by atoms with van der Waals surface area (Å²) in [6.45, 7) is 8.23. The number of nitrogens with zero attached hydrogens (tertiary/aromatic N) is 2. The Morgan fingerprint density at radius 2 is 1.06 bits per heavy atom. The molecule has 0 atom stereocenters. The first kappa shape index (κ1) is 11.1. The number of rotatable bonds is 0. The highest BCUT2D eigenvalue weighted by Crippen LogP contribution is 2.29. The number of pyridine rings is 2. The molecule has 90 valence electrons. The molecular weight excluding hydrogens is 220 g/mol. The van der Waals surface area contributed by atoms with Crippen LogP contribution in [0.4, 0.5) is 0 Å². The summed E-state index contributed by atoms with van der Waals surface area (Å²) in [6.07, 6.45) is 0. The summed E-state index contributed by atoms with van der Waals surface area (Å²) in [4.78, 5) is 9.18. The van der Waals surface area contributed by atoms with E-state index in [4.69, 9.17) is 0 Å². The van der Waals surface area contributed by atoms with E-state index in [2.05, 4.69) is 48.1 Å². The lowest BCUT2D eigenvalue weighted by Gasteiger charge is -2.10. The smallest absolute Gasteiger partial charge is 0.0461 e. The molecule has 0 saturated heterocycles. The van der Waals surface area contributed by atoms with Crippen LogP contribution in [-0.4, -0.2) is 9.97 Å². The van der Waals surface area contributed by atoms with Crippen molar-refractivity contribution < 1.29 is 0 Å². The zero-order valence-electron chi connectivity index (χ0n) is 11.2. The van der Waals surface area contributed by atoms with Crippen LogP contribution in [0.15, 0.2) is 24.3 Å². The maximum atomic E-state index is 4.59. The molecule has 2 heteroatoms. The highest BCUT2D eigenvalue weighted by atomic mass is 14.7. The molecule has 0 N–H and O–H groups in total. The van der Waals surface area contributed by atoms with Crippen LogP contribution < -0.4 is 0 Å². The molecule has 0 aliphatic heterocycles. The Bertz CT molecular complexity index is 706. The minimum atomic E-state index is 1.07. The van der Waals surface area contributed by atoms with Gasteiger partial charge in [0, 0.05) is 33.5 Å². The van der Waals surface area contributed by atoms with E-state index in [1.165, 1.54) is 21.5 Å². The van der Waals surface area contributed by atoms with Crippen molar-refractivity contribution >= 4 is 21.5 Å². The second-order valence-corrected chi connectivity index (χ2v) is 4.96. The van der Waals surface area contributed by atoms with E-state index in [1.54, 1.807) is 0 Å². The molecule has 0 amide bonds. The Morgan fingerprint density at radius 1 is 0.667 bits per heavy atom. The summed E-state index contributed by atoms with van der Waals surface area (Å²) in [5, 5.41) is 4.98. The van der Waals surface area contributed by atoms with Gasteiger partial charge in [0.15, 0.2) is 0 Å². The van der Waals surface area contributed by atoms with Crippen molar-refractivity contribution in [2.75, 3.05) is 0 Å². The van der Waals surface area contributed by atoms with E-state index in [1.807, 2.05) is 13.8 Å². The number of aromatic nitrogens is 2. The minimum absolute atomic E-state index is 1.07. The van der Waals surface area contributed by atoms with E-state index in [0.29, 0.717) is 0 Å². The van der Waals surface area contributed by atoms with Crippen molar-refractivity contribution in [1.82, 2.24) is 9.97 Å². The molecule has 3 aromatic rings. The first-order chi connectivity index (χ1) is 8.56. The minimum Gasteiger partial charge on any atom is -0.258 e. The second kappa shape index (κ2) is 3.77. The molecule has 0 saturated carbocycles. The largest absolute Gasteiger partial charge is 0.258 e. The Hall–Kier alpha value is -1.96. The Morgan fingerprint density at radius 3 is 1.44 bits per heavy atom. The van der Waals surface area contributed by atoms with Crippen LogP contribution in [0.3, 0.4) is 0 Å². The number of hydrogen-bond donors (Lipinski definition) is 0. The van der Waals surface area contributed by atoms with E-state index in [9.17, 15) is 0 Å². The third kappa shape index (κ3) is 1.57. The molecule has 0 fully saturated rings. The van der Waals surface area contributed by atoms with Crippen molar-refractivity contribution in [1.29, 1.82) is 0 Å². The third-order valence-corrected chi connectivity index (χ3v) is 3.41. The molecule has 0 bridgehead atoms. The van der Waals surface area contributed by atoms with Crippen LogP contribution in [0.2, 0.25) is 0 Å². The first-order valence-corrected chi connectivity index (χ1v) is 6.21.